The van der Waals surface area contributed by atoms with Crippen LogP contribution >= 0.6 is 27.5 Å². The molecule has 0 saturated heterocycles. The first-order valence-electron chi connectivity index (χ1n) is 5.48. The van der Waals surface area contributed by atoms with E-state index in [1.165, 1.54) is 0 Å². The molecule has 0 heterocycles. The van der Waals surface area contributed by atoms with E-state index in [1.807, 2.05) is 20.8 Å². The van der Waals surface area contributed by atoms with Gasteiger partial charge in [-0.1, -0.05) is 48.3 Å². The average molecular weight is 333 g/mol. The minimum absolute atomic E-state index is 0.00513. The van der Waals surface area contributed by atoms with Crippen LogP contribution in [0.15, 0.2) is 22.7 Å². The predicted octanol–water partition coefficient (Wildman–Crippen LogP) is 3.45. The standard InChI is InChI=1S/C13H15BrClNO2/c1-13(2,3)11(17)7-16-12(18)9-6-8(14)4-5-10(9)15/h4-6H,7H2,1-3H3,(H,16,18). The number of nitrogens with one attached hydrogen (secondary N) is 1. The molecule has 0 aromatic heterocycles. The Morgan fingerprint density at radius 3 is 2.50 bits per heavy atom. The summed E-state index contributed by atoms with van der Waals surface area (Å²) in [6.07, 6.45) is 0. The molecule has 1 N–H and O–H groups in total. The van der Waals surface area contributed by atoms with E-state index in [0.29, 0.717) is 10.6 Å². The molecule has 3 nitrogen and oxygen atoms in total. The number of halogens is 2. The van der Waals surface area contributed by atoms with Crippen molar-refractivity contribution in [2.45, 2.75) is 20.8 Å². The third kappa shape index (κ3) is 4.10. The van der Waals surface area contributed by atoms with Crippen molar-refractivity contribution in [3.63, 3.8) is 0 Å². The van der Waals surface area contributed by atoms with Crippen molar-refractivity contribution >= 4 is 39.2 Å². The summed E-state index contributed by atoms with van der Waals surface area (Å²) >= 11 is 9.20. The Balaban J connectivity index is 2.72. The van der Waals surface area contributed by atoms with E-state index in [9.17, 15) is 9.59 Å². The topological polar surface area (TPSA) is 46.2 Å². The van der Waals surface area contributed by atoms with Crippen molar-refractivity contribution in [1.82, 2.24) is 5.32 Å². The number of hydrogen-bond donors (Lipinski definition) is 1. The Morgan fingerprint density at radius 1 is 1.33 bits per heavy atom. The second-order valence-corrected chi connectivity index (χ2v) is 6.30. The van der Waals surface area contributed by atoms with Crippen LogP contribution < -0.4 is 5.32 Å². The maximum atomic E-state index is 11.9. The Hall–Kier alpha value is -0.870. The number of ketones is 1. The molecule has 1 rings (SSSR count). The Bertz CT molecular complexity index is 480. The second-order valence-electron chi connectivity index (χ2n) is 4.98. The number of carbonyl (C=O) groups is 2. The molecule has 0 spiro atoms. The summed E-state index contributed by atoms with van der Waals surface area (Å²) in [5, 5.41) is 2.94. The van der Waals surface area contributed by atoms with Crippen molar-refractivity contribution in [2.24, 2.45) is 5.41 Å². The quantitative estimate of drug-likeness (QED) is 0.921. The van der Waals surface area contributed by atoms with Gasteiger partial charge in [-0.3, -0.25) is 9.59 Å². The van der Waals surface area contributed by atoms with Gasteiger partial charge in [-0.25, -0.2) is 0 Å². The third-order valence-electron chi connectivity index (χ3n) is 2.42. The van der Waals surface area contributed by atoms with Gasteiger partial charge in [0.25, 0.3) is 5.91 Å². The molecule has 5 heteroatoms. The molecule has 0 bridgehead atoms. The van der Waals surface area contributed by atoms with E-state index < -0.39 is 5.41 Å². The fourth-order valence-corrected chi connectivity index (χ4v) is 1.76. The Morgan fingerprint density at radius 2 is 1.94 bits per heavy atom. The molecule has 0 aliphatic rings. The van der Waals surface area contributed by atoms with Gasteiger partial charge < -0.3 is 5.32 Å². The molecule has 0 radical (unpaired) electrons. The van der Waals surface area contributed by atoms with Gasteiger partial charge in [0.15, 0.2) is 5.78 Å². The van der Waals surface area contributed by atoms with Crippen LogP contribution in [0.1, 0.15) is 31.1 Å². The van der Waals surface area contributed by atoms with Gasteiger partial charge in [0, 0.05) is 9.89 Å². The van der Waals surface area contributed by atoms with Crippen LogP contribution in [-0.2, 0) is 4.79 Å². The maximum absolute atomic E-state index is 11.9. The van der Waals surface area contributed by atoms with E-state index in [1.54, 1.807) is 18.2 Å². The van der Waals surface area contributed by atoms with E-state index in [2.05, 4.69) is 21.2 Å². The van der Waals surface area contributed by atoms with E-state index in [-0.39, 0.29) is 18.2 Å². The summed E-state index contributed by atoms with van der Waals surface area (Å²) in [6.45, 7) is 5.44. The van der Waals surface area contributed by atoms with Gasteiger partial charge in [-0.15, -0.1) is 0 Å². The molecule has 0 fully saturated rings. The van der Waals surface area contributed by atoms with Gasteiger partial charge in [-0.2, -0.15) is 0 Å². The highest BCUT2D eigenvalue weighted by Crippen LogP contribution is 2.21. The Labute approximate surface area is 120 Å². The molecule has 1 aromatic rings. The first kappa shape index (κ1) is 15.2. The van der Waals surface area contributed by atoms with Gasteiger partial charge in [0.2, 0.25) is 0 Å². The van der Waals surface area contributed by atoms with Gasteiger partial charge in [-0.05, 0) is 18.2 Å². The van der Waals surface area contributed by atoms with Crippen LogP contribution in [0.2, 0.25) is 5.02 Å². The van der Waals surface area contributed by atoms with Crippen LogP contribution in [-0.4, -0.2) is 18.2 Å². The summed E-state index contributed by atoms with van der Waals surface area (Å²) in [5.41, 5.74) is -0.110. The van der Waals surface area contributed by atoms with Crippen molar-refractivity contribution in [3.05, 3.63) is 33.3 Å². The Kier molecular flexibility index (Phi) is 4.93. The van der Waals surface area contributed by atoms with Gasteiger partial charge in [0.05, 0.1) is 17.1 Å². The highest BCUT2D eigenvalue weighted by Gasteiger charge is 2.22. The van der Waals surface area contributed by atoms with Crippen molar-refractivity contribution < 1.29 is 9.59 Å². The molecular formula is C13H15BrClNO2. The summed E-state index contributed by atoms with van der Waals surface area (Å²) < 4.78 is 0.763. The van der Waals surface area contributed by atoms with E-state index in [0.717, 1.165) is 4.47 Å². The van der Waals surface area contributed by atoms with Crippen molar-refractivity contribution in [3.8, 4) is 0 Å². The van der Waals surface area contributed by atoms with E-state index in [4.69, 9.17) is 11.6 Å². The SMILES string of the molecule is CC(C)(C)C(=O)CNC(=O)c1cc(Br)ccc1Cl. The lowest BCUT2D eigenvalue weighted by atomic mass is 9.91. The molecule has 0 aliphatic heterocycles. The zero-order valence-corrected chi connectivity index (χ0v) is 12.9. The highest BCUT2D eigenvalue weighted by atomic mass is 79.9. The molecule has 1 amide bonds. The van der Waals surface area contributed by atoms with Crippen LogP contribution in [0, 0.1) is 5.41 Å². The smallest absolute Gasteiger partial charge is 0.253 e. The fourth-order valence-electron chi connectivity index (χ4n) is 1.19. The largest absolute Gasteiger partial charge is 0.345 e. The average Bonchev–Trinajstić information content (AvgIpc) is 2.27. The first-order chi connectivity index (χ1) is 8.21. The monoisotopic (exact) mass is 331 g/mol. The molecular weight excluding hydrogens is 318 g/mol. The summed E-state index contributed by atoms with van der Waals surface area (Å²) in [5.74, 6) is -0.374. The lowest BCUT2D eigenvalue weighted by Gasteiger charge is -2.16. The third-order valence-corrected chi connectivity index (χ3v) is 3.24. The maximum Gasteiger partial charge on any atom is 0.253 e. The minimum atomic E-state index is -0.464. The molecule has 0 aliphatic carbocycles. The summed E-state index contributed by atoms with van der Waals surface area (Å²) in [7, 11) is 0. The predicted molar refractivity (Wildman–Crippen MR) is 75.9 cm³/mol. The molecule has 0 unspecified atom stereocenters. The van der Waals surface area contributed by atoms with Crippen molar-refractivity contribution in [2.75, 3.05) is 6.54 Å². The number of benzene rings is 1. The van der Waals surface area contributed by atoms with Gasteiger partial charge >= 0.3 is 0 Å². The fraction of sp³-hybridized carbons (Fsp3) is 0.385. The number of rotatable bonds is 3. The number of hydrogen-bond acceptors (Lipinski definition) is 2. The van der Waals surface area contributed by atoms with Crippen LogP contribution in [0.4, 0.5) is 0 Å². The number of Topliss-reactive ketones (excluding diaryl/α,β-unsaturated/α-hetero) is 1. The second kappa shape index (κ2) is 5.85. The lowest BCUT2D eigenvalue weighted by Crippen LogP contribution is -2.35. The number of carbonyl (C=O) groups excluding carboxylic acids is 2. The zero-order chi connectivity index (χ0) is 13.9. The van der Waals surface area contributed by atoms with E-state index >= 15 is 0 Å². The lowest BCUT2D eigenvalue weighted by molar-refractivity contribution is -0.125. The highest BCUT2D eigenvalue weighted by molar-refractivity contribution is 9.10. The van der Waals surface area contributed by atoms with Crippen LogP contribution in [0.5, 0.6) is 0 Å². The molecule has 1 aromatic carbocycles. The molecule has 18 heavy (non-hydrogen) atoms. The zero-order valence-electron chi connectivity index (χ0n) is 10.5. The van der Waals surface area contributed by atoms with Crippen LogP contribution in [0.3, 0.4) is 0 Å². The number of amides is 1. The molecule has 98 valence electrons. The van der Waals surface area contributed by atoms with Crippen molar-refractivity contribution in [1.29, 1.82) is 0 Å². The molecule has 0 saturated carbocycles. The first-order valence-corrected chi connectivity index (χ1v) is 6.65. The summed E-state index contributed by atoms with van der Waals surface area (Å²) in [6, 6.07) is 5.00. The summed E-state index contributed by atoms with van der Waals surface area (Å²) in [4.78, 5) is 23.6. The minimum Gasteiger partial charge on any atom is -0.345 e. The van der Waals surface area contributed by atoms with Crippen LogP contribution in [0.25, 0.3) is 0 Å². The molecule has 0 atom stereocenters. The normalized spacial score (nSPS) is 11.2. The van der Waals surface area contributed by atoms with Gasteiger partial charge in [0.1, 0.15) is 0 Å².